The van der Waals surface area contributed by atoms with E-state index in [1.54, 1.807) is 0 Å². The summed E-state index contributed by atoms with van der Waals surface area (Å²) in [5.41, 5.74) is 0.438. The SMILES string of the molecule is CN1CCNC2(CNC2)C1. The first-order valence-corrected chi connectivity index (χ1v) is 3.95. The zero-order valence-electron chi connectivity index (χ0n) is 6.48. The summed E-state index contributed by atoms with van der Waals surface area (Å²) < 4.78 is 0. The Morgan fingerprint density at radius 2 is 2.20 bits per heavy atom. The molecular weight excluding hydrogens is 126 g/mol. The second-order valence-electron chi connectivity index (χ2n) is 3.55. The Morgan fingerprint density at radius 1 is 1.40 bits per heavy atom. The van der Waals surface area contributed by atoms with Crippen LogP contribution in [0, 0.1) is 0 Å². The van der Waals surface area contributed by atoms with Gasteiger partial charge in [0, 0.05) is 32.7 Å². The maximum atomic E-state index is 3.56. The lowest BCUT2D eigenvalue weighted by atomic mass is 9.90. The standard InChI is InChI=1S/C7H15N3/c1-10-3-2-9-7(6-10)4-8-5-7/h8-9H,2-6H2,1H3. The molecule has 0 aliphatic carbocycles. The Bertz CT molecular complexity index is 131. The fourth-order valence-corrected chi connectivity index (χ4v) is 1.83. The molecule has 2 aliphatic heterocycles. The Balaban J connectivity index is 1.96. The third kappa shape index (κ3) is 0.944. The van der Waals surface area contributed by atoms with Crippen LogP contribution >= 0.6 is 0 Å². The summed E-state index contributed by atoms with van der Waals surface area (Å²) in [4.78, 5) is 2.40. The van der Waals surface area contributed by atoms with Crippen molar-refractivity contribution in [1.29, 1.82) is 0 Å². The summed E-state index contributed by atoms with van der Waals surface area (Å²) in [5.74, 6) is 0. The first-order valence-electron chi connectivity index (χ1n) is 3.95. The smallest absolute Gasteiger partial charge is 0.0561 e. The summed E-state index contributed by atoms with van der Waals surface area (Å²) >= 11 is 0. The van der Waals surface area contributed by atoms with Gasteiger partial charge >= 0.3 is 0 Å². The van der Waals surface area contributed by atoms with E-state index in [2.05, 4.69) is 22.6 Å². The van der Waals surface area contributed by atoms with Crippen molar-refractivity contribution < 1.29 is 0 Å². The van der Waals surface area contributed by atoms with E-state index in [0.29, 0.717) is 5.54 Å². The minimum absolute atomic E-state index is 0.438. The van der Waals surface area contributed by atoms with Crippen LogP contribution in [-0.2, 0) is 0 Å². The number of rotatable bonds is 0. The predicted molar refractivity (Wildman–Crippen MR) is 41.1 cm³/mol. The summed E-state index contributed by atoms with van der Waals surface area (Å²) in [6, 6.07) is 0. The van der Waals surface area contributed by atoms with Gasteiger partial charge in [-0.15, -0.1) is 0 Å². The van der Waals surface area contributed by atoms with Crippen LogP contribution in [0.1, 0.15) is 0 Å². The van der Waals surface area contributed by atoms with Crippen molar-refractivity contribution in [2.24, 2.45) is 0 Å². The van der Waals surface area contributed by atoms with Crippen molar-refractivity contribution in [2.45, 2.75) is 5.54 Å². The number of likely N-dealkylation sites (N-methyl/N-ethyl adjacent to an activating group) is 1. The van der Waals surface area contributed by atoms with Gasteiger partial charge in [-0.2, -0.15) is 0 Å². The predicted octanol–water partition coefficient (Wildman–Crippen LogP) is -1.14. The summed E-state index contributed by atoms with van der Waals surface area (Å²) in [6.45, 7) is 5.86. The van der Waals surface area contributed by atoms with Gasteiger partial charge in [0.25, 0.3) is 0 Å². The fraction of sp³-hybridized carbons (Fsp3) is 1.00. The molecule has 0 aromatic carbocycles. The lowest BCUT2D eigenvalue weighted by molar-refractivity contribution is 0.107. The Labute approximate surface area is 61.8 Å². The molecule has 0 aromatic heterocycles. The van der Waals surface area contributed by atoms with Gasteiger partial charge < -0.3 is 15.5 Å². The zero-order valence-corrected chi connectivity index (χ0v) is 6.48. The van der Waals surface area contributed by atoms with Crippen molar-refractivity contribution in [3.63, 3.8) is 0 Å². The maximum Gasteiger partial charge on any atom is 0.0561 e. The van der Waals surface area contributed by atoms with Gasteiger partial charge in [-0.05, 0) is 7.05 Å². The molecule has 0 unspecified atom stereocenters. The highest BCUT2D eigenvalue weighted by atomic mass is 15.3. The fourth-order valence-electron chi connectivity index (χ4n) is 1.83. The van der Waals surface area contributed by atoms with Gasteiger partial charge in [0.1, 0.15) is 0 Å². The molecule has 2 fully saturated rings. The average Bonchev–Trinajstić information content (AvgIpc) is 1.85. The van der Waals surface area contributed by atoms with Gasteiger partial charge in [0.05, 0.1) is 5.54 Å². The van der Waals surface area contributed by atoms with Crippen LogP contribution in [0.3, 0.4) is 0 Å². The highest BCUT2D eigenvalue weighted by molar-refractivity contribution is 5.04. The first-order chi connectivity index (χ1) is 4.81. The minimum Gasteiger partial charge on any atom is -0.313 e. The number of nitrogens with one attached hydrogen (secondary N) is 2. The van der Waals surface area contributed by atoms with E-state index in [1.807, 2.05) is 0 Å². The molecule has 2 saturated heterocycles. The third-order valence-electron chi connectivity index (χ3n) is 2.49. The van der Waals surface area contributed by atoms with Crippen molar-refractivity contribution in [1.82, 2.24) is 15.5 Å². The molecular formula is C7H15N3. The van der Waals surface area contributed by atoms with E-state index >= 15 is 0 Å². The number of piperazine rings is 1. The van der Waals surface area contributed by atoms with E-state index in [-0.39, 0.29) is 0 Å². The molecule has 2 aliphatic rings. The van der Waals surface area contributed by atoms with Gasteiger partial charge in [-0.1, -0.05) is 0 Å². The first kappa shape index (κ1) is 6.58. The van der Waals surface area contributed by atoms with Crippen LogP contribution in [-0.4, -0.2) is 50.2 Å². The van der Waals surface area contributed by atoms with E-state index in [4.69, 9.17) is 0 Å². The minimum atomic E-state index is 0.438. The van der Waals surface area contributed by atoms with Crippen molar-refractivity contribution in [3.05, 3.63) is 0 Å². The molecule has 0 atom stereocenters. The van der Waals surface area contributed by atoms with E-state index in [1.165, 1.54) is 13.1 Å². The molecule has 2 rings (SSSR count). The van der Waals surface area contributed by atoms with Crippen molar-refractivity contribution >= 4 is 0 Å². The highest BCUT2D eigenvalue weighted by Gasteiger charge is 2.39. The zero-order chi connectivity index (χ0) is 7.03. The number of nitrogens with zero attached hydrogens (tertiary/aromatic N) is 1. The van der Waals surface area contributed by atoms with Crippen molar-refractivity contribution in [3.8, 4) is 0 Å². The number of hydrogen-bond donors (Lipinski definition) is 2. The van der Waals surface area contributed by atoms with Crippen LogP contribution < -0.4 is 10.6 Å². The van der Waals surface area contributed by atoms with E-state index < -0.39 is 0 Å². The second-order valence-corrected chi connectivity index (χ2v) is 3.55. The number of hydrogen-bond acceptors (Lipinski definition) is 3. The molecule has 0 saturated carbocycles. The second kappa shape index (κ2) is 2.19. The maximum absolute atomic E-state index is 3.56. The summed E-state index contributed by atoms with van der Waals surface area (Å²) in [7, 11) is 2.20. The molecule has 0 bridgehead atoms. The monoisotopic (exact) mass is 141 g/mol. The largest absolute Gasteiger partial charge is 0.313 e. The molecule has 2 N–H and O–H groups in total. The molecule has 2 heterocycles. The average molecular weight is 141 g/mol. The lowest BCUT2D eigenvalue weighted by Gasteiger charge is -2.49. The van der Waals surface area contributed by atoms with Crippen LogP contribution in [0.25, 0.3) is 0 Å². The quantitative estimate of drug-likeness (QED) is 0.447. The van der Waals surface area contributed by atoms with Gasteiger partial charge in [0.15, 0.2) is 0 Å². The van der Waals surface area contributed by atoms with E-state index in [0.717, 1.165) is 19.6 Å². The van der Waals surface area contributed by atoms with Crippen LogP contribution in [0.15, 0.2) is 0 Å². The molecule has 58 valence electrons. The molecule has 3 nitrogen and oxygen atoms in total. The third-order valence-corrected chi connectivity index (χ3v) is 2.49. The molecule has 0 aromatic rings. The van der Waals surface area contributed by atoms with Crippen molar-refractivity contribution in [2.75, 3.05) is 39.8 Å². The molecule has 10 heavy (non-hydrogen) atoms. The van der Waals surface area contributed by atoms with Crippen LogP contribution in [0.4, 0.5) is 0 Å². The Morgan fingerprint density at radius 3 is 2.60 bits per heavy atom. The van der Waals surface area contributed by atoms with Gasteiger partial charge in [-0.25, -0.2) is 0 Å². The summed E-state index contributed by atoms with van der Waals surface area (Å²) in [6.07, 6.45) is 0. The van der Waals surface area contributed by atoms with Crippen LogP contribution in [0.2, 0.25) is 0 Å². The normalized spacial score (nSPS) is 32.1. The molecule has 0 amide bonds. The topological polar surface area (TPSA) is 27.3 Å². The molecule has 0 radical (unpaired) electrons. The highest BCUT2D eigenvalue weighted by Crippen LogP contribution is 2.14. The Kier molecular flexibility index (Phi) is 1.44. The van der Waals surface area contributed by atoms with Crippen LogP contribution in [0.5, 0.6) is 0 Å². The van der Waals surface area contributed by atoms with E-state index in [9.17, 15) is 0 Å². The summed E-state index contributed by atoms with van der Waals surface area (Å²) in [5, 5.41) is 6.86. The molecule has 3 heteroatoms. The Hall–Kier alpha value is -0.120. The lowest BCUT2D eigenvalue weighted by Crippen LogP contribution is -2.74. The van der Waals surface area contributed by atoms with Gasteiger partial charge in [0.2, 0.25) is 0 Å². The molecule has 1 spiro atoms. The van der Waals surface area contributed by atoms with Gasteiger partial charge in [-0.3, -0.25) is 0 Å².